The number of nitrogens with one attached hydrogen (secondary N) is 1. The van der Waals surface area contributed by atoms with Gasteiger partial charge in [-0.1, -0.05) is 4.72 Å². The van der Waals surface area contributed by atoms with E-state index in [1.165, 1.54) is 48.5 Å². The summed E-state index contributed by atoms with van der Waals surface area (Å²) in [7, 11) is -3.66. The molecule has 1 aliphatic rings. The zero-order valence-corrected chi connectivity index (χ0v) is 13.8. The first kappa shape index (κ1) is 17.5. The molecular formula is C16H16FN2O5S+. The minimum absolute atomic E-state index is 0.0724. The Hall–Kier alpha value is -2.33. The maximum absolute atomic E-state index is 12.9. The largest absolute Gasteiger partial charge is 0.457 e. The Bertz CT molecular complexity index is 812. The van der Waals surface area contributed by atoms with Gasteiger partial charge in [0, 0.05) is 12.1 Å². The molecule has 2 aromatic carbocycles. The molecule has 1 saturated heterocycles. The van der Waals surface area contributed by atoms with E-state index < -0.39 is 22.3 Å². The van der Waals surface area contributed by atoms with Gasteiger partial charge in [-0.25, -0.2) is 9.45 Å². The fourth-order valence-electron chi connectivity index (χ4n) is 2.37. The Labute approximate surface area is 144 Å². The number of hydrogen-bond acceptors (Lipinski definition) is 4. The van der Waals surface area contributed by atoms with Crippen LogP contribution in [-0.2, 0) is 19.4 Å². The number of halogens is 1. The van der Waals surface area contributed by atoms with Crippen LogP contribution in [0.4, 0.5) is 4.39 Å². The lowest BCUT2D eigenvalue weighted by molar-refractivity contribution is -0.158. The van der Waals surface area contributed by atoms with Crippen molar-refractivity contribution in [2.24, 2.45) is 0 Å². The fourth-order valence-corrected chi connectivity index (χ4v) is 3.61. The maximum atomic E-state index is 12.9. The monoisotopic (exact) mass is 367 g/mol. The third-order valence-electron chi connectivity index (χ3n) is 3.68. The molecule has 3 N–H and O–H groups in total. The second kappa shape index (κ2) is 6.89. The molecule has 0 bridgehead atoms. The molecule has 25 heavy (non-hydrogen) atoms. The molecule has 1 amide bonds. The highest BCUT2D eigenvalue weighted by Gasteiger charge is 2.40. The van der Waals surface area contributed by atoms with Crippen LogP contribution in [0.15, 0.2) is 53.4 Å². The Morgan fingerprint density at radius 3 is 2.20 bits per heavy atom. The topological polar surface area (TPSA) is 99.1 Å². The van der Waals surface area contributed by atoms with E-state index in [0.717, 1.165) is 0 Å². The summed E-state index contributed by atoms with van der Waals surface area (Å²) in [6, 6.07) is 10.3. The first-order chi connectivity index (χ1) is 11.8. The van der Waals surface area contributed by atoms with Crippen LogP contribution in [0.25, 0.3) is 0 Å². The molecule has 1 unspecified atom stereocenters. The maximum Gasteiger partial charge on any atom is 0.323 e. The van der Waals surface area contributed by atoms with Gasteiger partial charge in [0.15, 0.2) is 0 Å². The highest BCUT2D eigenvalue weighted by molar-refractivity contribution is 7.96. The van der Waals surface area contributed by atoms with Gasteiger partial charge in [-0.05, 0) is 47.0 Å². The average Bonchev–Trinajstić information content (AvgIpc) is 2.89. The van der Waals surface area contributed by atoms with E-state index in [4.69, 9.17) is 4.74 Å². The van der Waals surface area contributed by atoms with Crippen molar-refractivity contribution in [1.82, 2.24) is 9.79 Å². The number of amides is 1. The zero-order chi connectivity index (χ0) is 18.0. The van der Waals surface area contributed by atoms with E-state index in [9.17, 15) is 23.2 Å². The normalized spacial score (nSPS) is 19.7. The molecule has 1 aliphatic heterocycles. The van der Waals surface area contributed by atoms with Crippen LogP contribution in [0.1, 0.15) is 6.42 Å². The third-order valence-corrected chi connectivity index (χ3v) is 5.19. The van der Waals surface area contributed by atoms with Gasteiger partial charge >= 0.3 is 10.4 Å². The predicted molar refractivity (Wildman–Crippen MR) is 86.9 cm³/mol. The van der Waals surface area contributed by atoms with Crippen LogP contribution in [-0.4, -0.2) is 33.3 Å². The SMILES string of the molecule is O=C1[C@H](N[S+](=O)(O)c2ccc(Oc3ccc(F)cc3)cc2)CCN1O. The molecule has 1 fully saturated rings. The lowest BCUT2D eigenvalue weighted by Gasteiger charge is -2.11. The summed E-state index contributed by atoms with van der Waals surface area (Å²) in [6.07, 6.45) is 0.235. The van der Waals surface area contributed by atoms with E-state index in [-0.39, 0.29) is 23.7 Å². The summed E-state index contributed by atoms with van der Waals surface area (Å²) in [5, 5.41) is 9.78. The van der Waals surface area contributed by atoms with Crippen molar-refractivity contribution in [3.05, 3.63) is 54.3 Å². The van der Waals surface area contributed by atoms with Gasteiger partial charge in [0.25, 0.3) is 5.91 Å². The number of hydroxylamine groups is 2. The van der Waals surface area contributed by atoms with Gasteiger partial charge in [-0.2, -0.15) is 4.55 Å². The lowest BCUT2D eigenvalue weighted by Crippen LogP contribution is -2.43. The Morgan fingerprint density at radius 2 is 1.68 bits per heavy atom. The minimum Gasteiger partial charge on any atom is -0.457 e. The number of rotatable bonds is 5. The van der Waals surface area contributed by atoms with E-state index in [0.29, 0.717) is 16.6 Å². The number of carbonyl (C=O) groups excluding carboxylic acids is 1. The minimum atomic E-state index is -3.66. The fraction of sp³-hybridized carbons (Fsp3) is 0.188. The van der Waals surface area contributed by atoms with Crippen LogP contribution in [0.2, 0.25) is 0 Å². The van der Waals surface area contributed by atoms with E-state index in [2.05, 4.69) is 4.72 Å². The van der Waals surface area contributed by atoms with Crippen molar-refractivity contribution in [3.63, 3.8) is 0 Å². The second-order valence-corrected chi connectivity index (χ2v) is 7.23. The molecule has 2 aromatic rings. The number of benzene rings is 2. The Balaban J connectivity index is 1.69. The van der Waals surface area contributed by atoms with Gasteiger partial charge in [0.1, 0.15) is 23.4 Å². The van der Waals surface area contributed by atoms with Crippen molar-refractivity contribution in [1.29, 1.82) is 0 Å². The van der Waals surface area contributed by atoms with Gasteiger partial charge < -0.3 is 4.74 Å². The third kappa shape index (κ3) is 4.02. The van der Waals surface area contributed by atoms with Crippen molar-refractivity contribution in [2.45, 2.75) is 17.4 Å². The number of hydrogen-bond donors (Lipinski definition) is 3. The quantitative estimate of drug-likeness (QED) is 0.557. The Kier molecular flexibility index (Phi) is 4.82. The van der Waals surface area contributed by atoms with Gasteiger partial charge in [0.2, 0.25) is 4.90 Å². The van der Waals surface area contributed by atoms with Crippen LogP contribution < -0.4 is 9.46 Å². The molecule has 132 valence electrons. The van der Waals surface area contributed by atoms with E-state index >= 15 is 0 Å². The van der Waals surface area contributed by atoms with Crippen molar-refractivity contribution in [2.75, 3.05) is 6.54 Å². The summed E-state index contributed by atoms with van der Waals surface area (Å²) >= 11 is 0. The highest BCUT2D eigenvalue weighted by Crippen LogP contribution is 2.25. The summed E-state index contributed by atoms with van der Waals surface area (Å²) in [5.74, 6) is -0.185. The number of carbonyl (C=O) groups is 1. The molecule has 2 atom stereocenters. The molecule has 0 aliphatic carbocycles. The second-order valence-electron chi connectivity index (χ2n) is 5.47. The lowest BCUT2D eigenvalue weighted by atomic mass is 10.3. The van der Waals surface area contributed by atoms with E-state index in [1.54, 1.807) is 0 Å². The van der Waals surface area contributed by atoms with E-state index in [1.807, 2.05) is 0 Å². The molecule has 3 rings (SSSR count). The van der Waals surface area contributed by atoms with Gasteiger partial charge in [-0.15, -0.1) is 0 Å². The molecule has 1 heterocycles. The Morgan fingerprint density at radius 1 is 1.12 bits per heavy atom. The molecular weight excluding hydrogens is 351 g/mol. The predicted octanol–water partition coefficient (Wildman–Crippen LogP) is 2.44. The standard InChI is InChI=1S/C16H15FN2O5S/c17-11-1-3-12(4-2-11)24-13-5-7-14(8-6-13)25(22,23)18-15-9-10-19(21)16(15)20/h1-8,15,21H,9-10H2,(H-,18,22,23)/p+1/t15-/m1/s1. The summed E-state index contributed by atoms with van der Waals surface area (Å²) < 4.78 is 43.3. The summed E-state index contributed by atoms with van der Waals surface area (Å²) in [4.78, 5) is 11.7. The molecule has 7 nitrogen and oxygen atoms in total. The smallest absolute Gasteiger partial charge is 0.323 e. The van der Waals surface area contributed by atoms with Gasteiger partial charge in [0.05, 0.1) is 6.54 Å². The highest BCUT2D eigenvalue weighted by atomic mass is 32.3. The van der Waals surface area contributed by atoms with Crippen molar-refractivity contribution >= 4 is 16.3 Å². The molecule has 0 saturated carbocycles. The van der Waals surface area contributed by atoms with Crippen LogP contribution >= 0.6 is 0 Å². The molecule has 0 radical (unpaired) electrons. The van der Waals surface area contributed by atoms with Crippen LogP contribution in [0, 0.1) is 5.82 Å². The zero-order valence-electron chi connectivity index (χ0n) is 13.0. The van der Waals surface area contributed by atoms with Gasteiger partial charge in [-0.3, -0.25) is 10.0 Å². The average molecular weight is 367 g/mol. The summed E-state index contributed by atoms with van der Waals surface area (Å²) in [5.41, 5.74) is 0. The first-order valence-corrected chi connectivity index (χ1v) is 8.94. The summed E-state index contributed by atoms with van der Waals surface area (Å²) in [6.45, 7) is 0.108. The molecule has 9 heteroatoms. The molecule has 0 spiro atoms. The van der Waals surface area contributed by atoms with Crippen LogP contribution in [0.5, 0.6) is 11.5 Å². The van der Waals surface area contributed by atoms with Crippen LogP contribution in [0.3, 0.4) is 0 Å². The van der Waals surface area contributed by atoms with Crippen molar-refractivity contribution < 1.29 is 27.9 Å². The number of ether oxygens (including phenoxy) is 1. The van der Waals surface area contributed by atoms with Crippen molar-refractivity contribution in [3.8, 4) is 11.5 Å². The first-order valence-electron chi connectivity index (χ1n) is 7.43. The molecule has 0 aromatic heterocycles. The number of nitrogens with zero attached hydrogens (tertiary/aromatic N) is 1.